The van der Waals surface area contributed by atoms with Crippen molar-refractivity contribution in [2.24, 2.45) is 0 Å². The number of rotatable bonds is 5. The second-order valence-corrected chi connectivity index (χ2v) is 6.45. The van der Waals surface area contributed by atoms with Gasteiger partial charge < -0.3 is 14.9 Å². The number of aromatic amines is 1. The summed E-state index contributed by atoms with van der Waals surface area (Å²) in [7, 11) is 0. The molecule has 4 rings (SSSR count). The first kappa shape index (κ1) is 16.8. The van der Waals surface area contributed by atoms with Crippen molar-refractivity contribution in [2.75, 3.05) is 0 Å². The molecular formula is C22H19N3O2. The first-order chi connectivity index (χ1) is 13.2. The third-order valence-corrected chi connectivity index (χ3v) is 4.55. The summed E-state index contributed by atoms with van der Waals surface area (Å²) in [5.41, 5.74) is 3.60. The molecule has 2 heterocycles. The number of hydrogen-bond acceptors (Lipinski definition) is 2. The molecular weight excluding hydrogens is 338 g/mol. The van der Waals surface area contributed by atoms with E-state index < -0.39 is 0 Å². The quantitative estimate of drug-likeness (QED) is 0.575. The average Bonchev–Trinajstić information content (AvgIpc) is 3.17. The first-order valence-electron chi connectivity index (χ1n) is 8.78. The lowest BCUT2D eigenvalue weighted by Crippen LogP contribution is -2.22. The number of hydrogen-bond donors (Lipinski definition) is 2. The molecule has 0 aliphatic heterocycles. The van der Waals surface area contributed by atoms with Gasteiger partial charge in [-0.25, -0.2) is 0 Å². The van der Waals surface area contributed by atoms with Gasteiger partial charge in [0.15, 0.2) is 0 Å². The molecule has 0 spiro atoms. The highest BCUT2D eigenvalue weighted by Gasteiger charge is 2.07. The Hall–Kier alpha value is -3.60. The lowest BCUT2D eigenvalue weighted by molar-refractivity contribution is 0.0951. The van der Waals surface area contributed by atoms with E-state index in [4.69, 9.17) is 0 Å². The lowest BCUT2D eigenvalue weighted by atomic mass is 10.1. The monoisotopic (exact) mass is 357 g/mol. The number of pyridine rings is 1. The Balaban J connectivity index is 1.39. The minimum Gasteiger partial charge on any atom is -0.361 e. The molecule has 0 saturated carbocycles. The van der Waals surface area contributed by atoms with E-state index in [0.717, 1.165) is 22.0 Å². The summed E-state index contributed by atoms with van der Waals surface area (Å²) < 4.78 is 1.66. The number of aromatic nitrogens is 2. The van der Waals surface area contributed by atoms with E-state index in [-0.39, 0.29) is 11.5 Å². The summed E-state index contributed by atoms with van der Waals surface area (Å²) in [4.78, 5) is 27.3. The third kappa shape index (κ3) is 3.82. The van der Waals surface area contributed by atoms with Crippen LogP contribution in [0.1, 0.15) is 21.5 Å². The molecule has 2 N–H and O–H groups in total. The van der Waals surface area contributed by atoms with Gasteiger partial charge in [0.25, 0.3) is 11.5 Å². The van der Waals surface area contributed by atoms with E-state index in [1.54, 1.807) is 22.9 Å². The number of carbonyl (C=O) groups is 1. The van der Waals surface area contributed by atoms with Crippen LogP contribution in [0.3, 0.4) is 0 Å². The zero-order chi connectivity index (χ0) is 18.6. The molecule has 2 aromatic carbocycles. The molecule has 5 nitrogen and oxygen atoms in total. The predicted molar refractivity (Wildman–Crippen MR) is 106 cm³/mol. The van der Waals surface area contributed by atoms with Gasteiger partial charge in [0.2, 0.25) is 0 Å². The molecule has 0 unspecified atom stereocenters. The van der Waals surface area contributed by atoms with Crippen molar-refractivity contribution in [3.05, 3.63) is 106 Å². The summed E-state index contributed by atoms with van der Waals surface area (Å²) in [6.07, 6.45) is 3.63. The predicted octanol–water partition coefficient (Wildman–Crippen LogP) is 3.31. The van der Waals surface area contributed by atoms with Gasteiger partial charge in [-0.15, -0.1) is 0 Å². The molecule has 1 amide bonds. The fourth-order valence-corrected chi connectivity index (χ4v) is 3.02. The van der Waals surface area contributed by atoms with Gasteiger partial charge >= 0.3 is 0 Å². The molecule has 2 aromatic heterocycles. The van der Waals surface area contributed by atoms with Crippen molar-refractivity contribution in [1.82, 2.24) is 14.9 Å². The van der Waals surface area contributed by atoms with E-state index in [1.807, 2.05) is 60.8 Å². The summed E-state index contributed by atoms with van der Waals surface area (Å²) >= 11 is 0. The Morgan fingerprint density at radius 3 is 2.59 bits per heavy atom. The lowest BCUT2D eigenvalue weighted by Gasteiger charge is -2.08. The molecule has 134 valence electrons. The van der Waals surface area contributed by atoms with E-state index in [0.29, 0.717) is 18.7 Å². The molecule has 0 aliphatic rings. The number of H-pyrrole nitrogens is 1. The minimum absolute atomic E-state index is 0.0205. The number of amides is 1. The van der Waals surface area contributed by atoms with Crippen molar-refractivity contribution in [3.63, 3.8) is 0 Å². The largest absolute Gasteiger partial charge is 0.361 e. The number of nitrogens with zero attached hydrogens (tertiary/aromatic N) is 1. The van der Waals surface area contributed by atoms with Crippen molar-refractivity contribution >= 4 is 16.8 Å². The normalized spacial score (nSPS) is 10.8. The summed E-state index contributed by atoms with van der Waals surface area (Å²) in [5, 5.41) is 4.03. The maximum Gasteiger partial charge on any atom is 0.251 e. The zero-order valence-corrected chi connectivity index (χ0v) is 14.7. The summed E-state index contributed by atoms with van der Waals surface area (Å²) in [6.45, 7) is 0.982. The van der Waals surface area contributed by atoms with Crippen LogP contribution in [0.2, 0.25) is 0 Å². The second kappa shape index (κ2) is 7.33. The van der Waals surface area contributed by atoms with Crippen LogP contribution in [0.25, 0.3) is 10.9 Å². The molecule has 0 aliphatic carbocycles. The fourth-order valence-electron chi connectivity index (χ4n) is 3.02. The number of carbonyl (C=O) groups excluding carboxylic acids is 1. The average molecular weight is 357 g/mol. The molecule has 0 saturated heterocycles. The van der Waals surface area contributed by atoms with Crippen LogP contribution in [0.15, 0.2) is 83.9 Å². The van der Waals surface area contributed by atoms with Gasteiger partial charge in [0.1, 0.15) is 0 Å². The van der Waals surface area contributed by atoms with Crippen LogP contribution in [-0.2, 0) is 13.1 Å². The summed E-state index contributed by atoms with van der Waals surface area (Å²) in [6, 6.07) is 20.6. The highest BCUT2D eigenvalue weighted by Crippen LogP contribution is 2.14. The van der Waals surface area contributed by atoms with Crippen LogP contribution >= 0.6 is 0 Å². The smallest absolute Gasteiger partial charge is 0.251 e. The van der Waals surface area contributed by atoms with Crippen molar-refractivity contribution < 1.29 is 4.79 Å². The maximum atomic E-state index is 12.4. The molecule has 27 heavy (non-hydrogen) atoms. The first-order valence-corrected chi connectivity index (χ1v) is 8.78. The van der Waals surface area contributed by atoms with Gasteiger partial charge in [-0.05, 0) is 40.8 Å². The molecule has 0 bridgehead atoms. The molecule has 4 aromatic rings. The maximum absolute atomic E-state index is 12.4. The second-order valence-electron chi connectivity index (χ2n) is 6.45. The number of nitrogens with one attached hydrogen (secondary N) is 2. The highest BCUT2D eigenvalue weighted by atomic mass is 16.1. The Morgan fingerprint density at radius 1 is 0.963 bits per heavy atom. The van der Waals surface area contributed by atoms with Crippen LogP contribution < -0.4 is 10.9 Å². The van der Waals surface area contributed by atoms with Gasteiger partial charge in [-0.3, -0.25) is 9.59 Å². The molecule has 0 fully saturated rings. The van der Waals surface area contributed by atoms with Crippen LogP contribution in [0.4, 0.5) is 0 Å². The Kier molecular flexibility index (Phi) is 4.58. The summed E-state index contributed by atoms with van der Waals surface area (Å²) in [5.74, 6) is -0.105. The van der Waals surface area contributed by atoms with Gasteiger partial charge in [0.05, 0.1) is 6.54 Å². The third-order valence-electron chi connectivity index (χ3n) is 4.55. The van der Waals surface area contributed by atoms with Crippen LogP contribution in [0, 0.1) is 0 Å². The number of fused-ring (bicyclic) bond motifs is 1. The minimum atomic E-state index is -0.105. The van der Waals surface area contributed by atoms with Crippen molar-refractivity contribution in [2.45, 2.75) is 13.1 Å². The van der Waals surface area contributed by atoms with Gasteiger partial charge in [-0.1, -0.05) is 36.4 Å². The zero-order valence-electron chi connectivity index (χ0n) is 14.7. The van der Waals surface area contributed by atoms with Crippen molar-refractivity contribution in [1.29, 1.82) is 0 Å². The van der Waals surface area contributed by atoms with Gasteiger partial charge in [-0.2, -0.15) is 0 Å². The van der Waals surface area contributed by atoms with E-state index in [2.05, 4.69) is 10.3 Å². The molecule has 0 radical (unpaired) electrons. The van der Waals surface area contributed by atoms with Crippen LogP contribution in [0.5, 0.6) is 0 Å². The van der Waals surface area contributed by atoms with E-state index in [9.17, 15) is 9.59 Å². The Bertz CT molecular complexity index is 1140. The topological polar surface area (TPSA) is 66.9 Å². The molecule has 0 atom stereocenters. The van der Waals surface area contributed by atoms with Crippen molar-refractivity contribution in [3.8, 4) is 0 Å². The Labute approximate surface area is 156 Å². The standard InChI is InChI=1S/C22H19N3O2/c26-21-3-1-2-12-25(21)15-17-6-4-16(5-7-17)14-24-22(27)19-9-8-18-10-11-23-20(18)13-19/h1-13,23H,14-15H2,(H,24,27). The highest BCUT2D eigenvalue weighted by molar-refractivity contribution is 5.97. The van der Waals surface area contributed by atoms with E-state index in [1.165, 1.54) is 0 Å². The van der Waals surface area contributed by atoms with Gasteiger partial charge in [0, 0.05) is 36.1 Å². The molecule has 5 heteroatoms. The van der Waals surface area contributed by atoms with E-state index >= 15 is 0 Å². The number of benzene rings is 2. The van der Waals surface area contributed by atoms with Crippen LogP contribution in [-0.4, -0.2) is 15.5 Å². The fraction of sp³-hybridized carbons (Fsp3) is 0.0909. The SMILES string of the molecule is O=C(NCc1ccc(Cn2ccccc2=O)cc1)c1ccc2cc[nH]c2c1. The Morgan fingerprint density at radius 2 is 1.78 bits per heavy atom.